The molecule has 4 aliphatic rings. The first-order valence-corrected chi connectivity index (χ1v) is 14.3. The lowest BCUT2D eigenvalue weighted by Gasteiger charge is -2.62. The van der Waals surface area contributed by atoms with E-state index in [1.807, 2.05) is 32.2 Å². The van der Waals surface area contributed by atoms with Gasteiger partial charge >= 0.3 is 0 Å². The first-order valence-electron chi connectivity index (χ1n) is 13.9. The summed E-state index contributed by atoms with van der Waals surface area (Å²) in [6, 6.07) is 5.52. The van der Waals surface area contributed by atoms with Crippen LogP contribution < -0.4 is 0 Å². The quantitative estimate of drug-likeness (QED) is 0.555. The molecule has 0 radical (unpaired) electrons. The van der Waals surface area contributed by atoms with Crippen LogP contribution in [0.1, 0.15) is 71.6 Å². The molecule has 0 aliphatic heterocycles. The fraction of sp³-hybridized carbons (Fsp3) is 0.759. The minimum absolute atomic E-state index is 0.0491. The minimum atomic E-state index is -0.543. The summed E-state index contributed by atoms with van der Waals surface area (Å²) in [5.74, 6) is 2.79. The van der Waals surface area contributed by atoms with Crippen LogP contribution in [0.25, 0.3) is 11.0 Å². The molecule has 1 heterocycles. The first-order chi connectivity index (χ1) is 17.2. The fourth-order valence-corrected chi connectivity index (χ4v) is 9.79. The molecule has 0 bridgehead atoms. The van der Waals surface area contributed by atoms with Crippen LogP contribution in [-0.4, -0.2) is 45.2 Å². The molecule has 4 aliphatic carbocycles. The van der Waals surface area contributed by atoms with Gasteiger partial charge in [0.15, 0.2) is 5.78 Å². The zero-order chi connectivity index (χ0) is 25.3. The smallest absolute Gasteiger partial charge is 0.157 e. The molecule has 0 amide bonds. The number of carbonyl (C=O) groups excluding carboxylic acids is 1. The molecule has 6 nitrogen and oxygen atoms in total. The number of carbonyl (C=O) groups is 1. The molecule has 8 atom stereocenters. The van der Waals surface area contributed by atoms with Crippen LogP contribution in [0, 0.1) is 40.4 Å². The van der Waals surface area contributed by atoms with Crippen molar-refractivity contribution in [2.75, 3.05) is 13.7 Å². The molecule has 0 spiro atoms. The van der Waals surface area contributed by atoms with Gasteiger partial charge in [-0.15, -0.1) is 5.10 Å². The molecule has 0 saturated heterocycles. The van der Waals surface area contributed by atoms with Gasteiger partial charge in [-0.1, -0.05) is 23.7 Å². The number of halogens is 1. The van der Waals surface area contributed by atoms with Crippen LogP contribution in [0.2, 0.25) is 5.02 Å². The van der Waals surface area contributed by atoms with Gasteiger partial charge in [0.2, 0.25) is 0 Å². The van der Waals surface area contributed by atoms with E-state index in [9.17, 15) is 9.90 Å². The van der Waals surface area contributed by atoms with Crippen LogP contribution in [0.4, 0.5) is 0 Å². The molecule has 196 valence electrons. The monoisotopic (exact) mass is 513 g/mol. The van der Waals surface area contributed by atoms with Crippen molar-refractivity contribution in [3.05, 3.63) is 23.2 Å². The van der Waals surface area contributed by atoms with E-state index in [0.717, 1.165) is 56.2 Å². The third kappa shape index (κ3) is 3.77. The van der Waals surface area contributed by atoms with Crippen LogP contribution >= 0.6 is 11.6 Å². The summed E-state index contributed by atoms with van der Waals surface area (Å²) in [6.45, 7) is 5.50. The van der Waals surface area contributed by atoms with Gasteiger partial charge in [0, 0.05) is 18.1 Å². The lowest BCUT2D eigenvalue weighted by atomic mass is 9.43. The number of fused-ring (bicyclic) bond motifs is 6. The van der Waals surface area contributed by atoms with E-state index in [1.165, 1.54) is 19.3 Å². The molecule has 36 heavy (non-hydrogen) atoms. The van der Waals surface area contributed by atoms with Crippen LogP contribution in [-0.2, 0) is 16.1 Å². The molecule has 1 aromatic carbocycles. The Morgan fingerprint density at radius 3 is 2.78 bits per heavy atom. The van der Waals surface area contributed by atoms with Crippen molar-refractivity contribution in [3.8, 4) is 0 Å². The number of hydrogen-bond donors (Lipinski definition) is 1. The van der Waals surface area contributed by atoms with Gasteiger partial charge in [-0.25, -0.2) is 4.68 Å². The Balaban J connectivity index is 1.24. The molecule has 7 heteroatoms. The summed E-state index contributed by atoms with van der Waals surface area (Å²) in [7, 11) is 1.85. The van der Waals surface area contributed by atoms with E-state index in [0.29, 0.717) is 34.5 Å². The maximum Gasteiger partial charge on any atom is 0.157 e. The summed E-state index contributed by atoms with van der Waals surface area (Å²) >= 11 is 6.21. The minimum Gasteiger partial charge on any atom is -0.390 e. The highest BCUT2D eigenvalue weighted by Crippen LogP contribution is 2.68. The SMILES string of the molecule is COCC12CCC(C)(O)CC1CCC1C3CCC(C(=O)Cn4nnc5ccc(Cl)cc54)C3(C)CCC12. The van der Waals surface area contributed by atoms with Gasteiger partial charge < -0.3 is 9.84 Å². The molecule has 6 rings (SSSR count). The lowest BCUT2D eigenvalue weighted by Crippen LogP contribution is -2.58. The van der Waals surface area contributed by atoms with Crippen molar-refractivity contribution < 1.29 is 14.6 Å². The van der Waals surface area contributed by atoms with E-state index in [-0.39, 0.29) is 23.3 Å². The number of aromatic nitrogens is 3. The molecule has 1 aromatic heterocycles. The first kappa shape index (κ1) is 24.8. The molecular weight excluding hydrogens is 474 g/mol. The number of Topliss-reactive ketones (excluding diaryl/α,β-unsaturated/α-hetero) is 1. The second-order valence-corrected chi connectivity index (χ2v) is 13.5. The average Bonchev–Trinajstić information content (AvgIpc) is 3.39. The van der Waals surface area contributed by atoms with Crippen molar-refractivity contribution in [3.63, 3.8) is 0 Å². The number of rotatable bonds is 5. The highest BCUT2D eigenvalue weighted by molar-refractivity contribution is 6.31. The van der Waals surface area contributed by atoms with Gasteiger partial charge in [0.25, 0.3) is 0 Å². The topological polar surface area (TPSA) is 77.2 Å². The van der Waals surface area contributed by atoms with Crippen LogP contribution in [0.5, 0.6) is 0 Å². The van der Waals surface area contributed by atoms with Crippen molar-refractivity contribution in [2.24, 2.45) is 40.4 Å². The van der Waals surface area contributed by atoms with Crippen LogP contribution in [0.15, 0.2) is 18.2 Å². The predicted octanol–water partition coefficient (Wildman–Crippen LogP) is 5.69. The van der Waals surface area contributed by atoms with E-state index < -0.39 is 5.60 Å². The third-order valence-electron chi connectivity index (χ3n) is 11.2. The van der Waals surface area contributed by atoms with Crippen molar-refractivity contribution >= 4 is 28.4 Å². The van der Waals surface area contributed by atoms with Crippen LogP contribution in [0.3, 0.4) is 0 Å². The van der Waals surface area contributed by atoms with Gasteiger partial charge in [-0.05, 0) is 117 Å². The number of ketones is 1. The Morgan fingerprint density at radius 1 is 1.14 bits per heavy atom. The van der Waals surface area contributed by atoms with Gasteiger partial charge in [-0.2, -0.15) is 0 Å². The number of aliphatic hydroxyl groups is 1. The van der Waals surface area contributed by atoms with E-state index >= 15 is 0 Å². The summed E-state index contributed by atoms with van der Waals surface area (Å²) in [4.78, 5) is 13.8. The second-order valence-electron chi connectivity index (χ2n) is 13.0. The number of methoxy groups -OCH3 is 1. The Bertz CT molecular complexity index is 1160. The summed E-state index contributed by atoms with van der Waals surface area (Å²) in [6.07, 6.45) is 9.64. The Kier molecular flexibility index (Phi) is 6.05. The average molecular weight is 514 g/mol. The zero-order valence-electron chi connectivity index (χ0n) is 21.9. The maximum atomic E-state index is 13.8. The molecular formula is C29H40ClN3O3. The van der Waals surface area contributed by atoms with Gasteiger partial charge in [0.05, 0.1) is 17.7 Å². The van der Waals surface area contributed by atoms with E-state index in [2.05, 4.69) is 17.2 Å². The number of benzene rings is 1. The van der Waals surface area contributed by atoms with E-state index in [1.54, 1.807) is 4.68 Å². The van der Waals surface area contributed by atoms with Crippen molar-refractivity contribution in [1.29, 1.82) is 0 Å². The normalized spacial score (nSPS) is 42.1. The fourth-order valence-electron chi connectivity index (χ4n) is 9.62. The number of hydrogen-bond acceptors (Lipinski definition) is 5. The van der Waals surface area contributed by atoms with Gasteiger partial charge in [-0.3, -0.25) is 4.79 Å². The Morgan fingerprint density at radius 2 is 1.97 bits per heavy atom. The molecule has 8 unspecified atom stereocenters. The maximum absolute atomic E-state index is 13.8. The Hall–Kier alpha value is -1.50. The van der Waals surface area contributed by atoms with Crippen molar-refractivity contribution in [2.45, 2.75) is 83.8 Å². The zero-order valence-corrected chi connectivity index (χ0v) is 22.6. The highest BCUT2D eigenvalue weighted by atomic mass is 35.5. The third-order valence-corrected chi connectivity index (χ3v) is 11.5. The summed E-state index contributed by atoms with van der Waals surface area (Å²) < 4.78 is 7.63. The molecule has 2 aromatic rings. The standard InChI is InChI=1S/C29H40ClN3O3/c1-27(35)12-13-29(17-36-3)18(15-27)4-6-20-21-7-8-23(28(21,2)11-10-22(20)29)26(34)16-33-25-14-19(30)5-9-24(25)31-32-33/h5,9,14,18,20-23,35H,4,6-8,10-13,15-17H2,1-3H3. The lowest BCUT2D eigenvalue weighted by molar-refractivity contribution is -0.175. The molecule has 1 N–H and O–H groups in total. The predicted molar refractivity (Wildman–Crippen MR) is 140 cm³/mol. The van der Waals surface area contributed by atoms with Gasteiger partial charge in [0.1, 0.15) is 12.1 Å². The highest BCUT2D eigenvalue weighted by Gasteiger charge is 2.63. The number of nitrogens with zero attached hydrogens (tertiary/aromatic N) is 3. The Labute approximate surface area is 219 Å². The van der Waals surface area contributed by atoms with Crippen molar-refractivity contribution in [1.82, 2.24) is 15.0 Å². The summed E-state index contributed by atoms with van der Waals surface area (Å²) in [5.41, 5.74) is 1.29. The van der Waals surface area contributed by atoms with E-state index in [4.69, 9.17) is 16.3 Å². The molecule has 4 fully saturated rings. The second kappa shape index (κ2) is 8.78. The largest absolute Gasteiger partial charge is 0.390 e. The molecule has 4 saturated carbocycles. The number of ether oxygens (including phenoxy) is 1. The summed E-state index contributed by atoms with van der Waals surface area (Å²) in [5, 5.41) is 20.0.